The lowest BCUT2D eigenvalue weighted by atomic mass is 10.1. The van der Waals surface area contributed by atoms with Crippen molar-refractivity contribution >= 4 is 5.91 Å². The Hall–Kier alpha value is -2.53. The molecule has 1 amide bonds. The second-order valence-corrected chi connectivity index (χ2v) is 6.68. The summed E-state index contributed by atoms with van der Waals surface area (Å²) >= 11 is 0. The fraction of sp³-hybridized carbons (Fsp3) is 0.409. The van der Waals surface area contributed by atoms with Gasteiger partial charge in [0, 0.05) is 12.1 Å². The molecule has 0 aromatic heterocycles. The molecule has 5 nitrogen and oxygen atoms in total. The van der Waals surface area contributed by atoms with Crippen molar-refractivity contribution in [1.82, 2.24) is 10.2 Å². The summed E-state index contributed by atoms with van der Waals surface area (Å²) in [6.45, 7) is 5.20. The van der Waals surface area contributed by atoms with Crippen molar-refractivity contribution in [2.45, 2.75) is 25.8 Å². The summed E-state index contributed by atoms with van der Waals surface area (Å²) < 4.78 is 10.9. The number of rotatable bonds is 8. The molecule has 27 heavy (non-hydrogen) atoms. The number of methoxy groups -OCH3 is 1. The number of ether oxygens (including phenoxy) is 2. The monoisotopic (exact) mass is 368 g/mol. The first kappa shape index (κ1) is 19.2. The molecule has 1 aliphatic rings. The van der Waals surface area contributed by atoms with E-state index in [4.69, 9.17) is 9.47 Å². The van der Waals surface area contributed by atoms with Gasteiger partial charge in [-0.25, -0.2) is 0 Å². The van der Waals surface area contributed by atoms with Crippen LogP contribution in [0.25, 0.3) is 0 Å². The summed E-state index contributed by atoms with van der Waals surface area (Å²) in [5.41, 5.74) is 1.81. The second kappa shape index (κ2) is 9.42. The predicted molar refractivity (Wildman–Crippen MR) is 106 cm³/mol. The van der Waals surface area contributed by atoms with Gasteiger partial charge in [-0.1, -0.05) is 30.3 Å². The Morgan fingerprint density at radius 2 is 1.85 bits per heavy atom. The molecule has 0 radical (unpaired) electrons. The summed E-state index contributed by atoms with van der Waals surface area (Å²) in [7, 11) is 1.58. The van der Waals surface area contributed by atoms with Crippen LogP contribution in [0.3, 0.4) is 0 Å². The normalized spacial score (nSPS) is 15.3. The van der Waals surface area contributed by atoms with Gasteiger partial charge in [0.1, 0.15) is 0 Å². The van der Waals surface area contributed by atoms with E-state index in [-0.39, 0.29) is 11.9 Å². The van der Waals surface area contributed by atoms with E-state index in [0.29, 0.717) is 30.2 Å². The molecule has 0 bridgehead atoms. The van der Waals surface area contributed by atoms with Gasteiger partial charge in [0.2, 0.25) is 0 Å². The van der Waals surface area contributed by atoms with Gasteiger partial charge in [-0.3, -0.25) is 9.69 Å². The van der Waals surface area contributed by atoms with Crippen LogP contribution in [0.4, 0.5) is 0 Å². The van der Waals surface area contributed by atoms with Crippen LogP contribution in [0, 0.1) is 0 Å². The Morgan fingerprint density at radius 3 is 2.52 bits per heavy atom. The number of likely N-dealkylation sites (tertiary alicyclic amines) is 1. The average molecular weight is 368 g/mol. The molecule has 1 saturated heterocycles. The van der Waals surface area contributed by atoms with Crippen molar-refractivity contribution in [2.75, 3.05) is 33.4 Å². The van der Waals surface area contributed by atoms with Crippen LogP contribution in [0.1, 0.15) is 41.7 Å². The van der Waals surface area contributed by atoms with Crippen LogP contribution in [0.2, 0.25) is 0 Å². The maximum Gasteiger partial charge on any atom is 0.251 e. The number of carbonyl (C=O) groups is 1. The number of amides is 1. The molecule has 0 aliphatic carbocycles. The van der Waals surface area contributed by atoms with Crippen LogP contribution >= 0.6 is 0 Å². The molecule has 144 valence electrons. The molecule has 1 aliphatic heterocycles. The van der Waals surface area contributed by atoms with Gasteiger partial charge >= 0.3 is 0 Å². The molecule has 2 aromatic rings. The maximum absolute atomic E-state index is 12.7. The predicted octanol–water partition coefficient (Wildman–Crippen LogP) is 3.66. The summed E-state index contributed by atoms with van der Waals surface area (Å²) in [5, 5.41) is 3.10. The van der Waals surface area contributed by atoms with Gasteiger partial charge in [-0.2, -0.15) is 0 Å². The van der Waals surface area contributed by atoms with Crippen molar-refractivity contribution in [3.05, 3.63) is 59.7 Å². The molecular formula is C22H28N2O3. The van der Waals surface area contributed by atoms with Gasteiger partial charge < -0.3 is 14.8 Å². The topological polar surface area (TPSA) is 50.8 Å². The van der Waals surface area contributed by atoms with Gasteiger partial charge in [-0.15, -0.1) is 0 Å². The van der Waals surface area contributed by atoms with E-state index in [0.717, 1.165) is 13.1 Å². The standard InChI is InChI=1S/C22H28N2O3/c1-3-27-20-12-11-18(15-21(20)26-2)22(25)23-16-19(24-13-7-8-14-24)17-9-5-4-6-10-17/h4-6,9-12,15,19H,3,7-8,13-14,16H2,1-2H3,(H,23,25). The molecule has 0 saturated carbocycles. The van der Waals surface area contributed by atoms with Gasteiger partial charge in [0.15, 0.2) is 11.5 Å². The minimum atomic E-state index is -0.100. The Kier molecular flexibility index (Phi) is 6.71. The highest BCUT2D eigenvalue weighted by Gasteiger charge is 2.24. The first-order valence-corrected chi connectivity index (χ1v) is 9.61. The first-order chi connectivity index (χ1) is 13.2. The number of nitrogens with one attached hydrogen (secondary N) is 1. The summed E-state index contributed by atoms with van der Waals surface area (Å²) in [6, 6.07) is 15.9. The molecule has 5 heteroatoms. The summed E-state index contributed by atoms with van der Waals surface area (Å²) in [5.74, 6) is 1.12. The Balaban J connectivity index is 1.70. The molecule has 1 unspecified atom stereocenters. The third-order valence-electron chi connectivity index (χ3n) is 4.95. The lowest BCUT2D eigenvalue weighted by Gasteiger charge is -2.28. The largest absolute Gasteiger partial charge is 0.493 e. The number of hydrogen-bond acceptors (Lipinski definition) is 4. The van der Waals surface area contributed by atoms with Crippen LogP contribution in [0.15, 0.2) is 48.5 Å². The lowest BCUT2D eigenvalue weighted by molar-refractivity contribution is 0.0937. The zero-order valence-corrected chi connectivity index (χ0v) is 16.1. The molecule has 2 aromatic carbocycles. The molecule has 1 N–H and O–H groups in total. The Labute approximate surface area is 161 Å². The molecule has 3 rings (SSSR count). The van der Waals surface area contributed by atoms with E-state index >= 15 is 0 Å². The summed E-state index contributed by atoms with van der Waals surface area (Å²) in [6.07, 6.45) is 2.43. The summed E-state index contributed by atoms with van der Waals surface area (Å²) in [4.78, 5) is 15.2. The van der Waals surface area contributed by atoms with E-state index in [9.17, 15) is 4.79 Å². The number of hydrogen-bond donors (Lipinski definition) is 1. The minimum absolute atomic E-state index is 0.100. The van der Waals surface area contributed by atoms with Gasteiger partial charge in [0.25, 0.3) is 5.91 Å². The van der Waals surface area contributed by atoms with E-state index < -0.39 is 0 Å². The third-order valence-corrected chi connectivity index (χ3v) is 4.95. The van der Waals surface area contributed by atoms with E-state index in [1.54, 1.807) is 25.3 Å². The van der Waals surface area contributed by atoms with Crippen LogP contribution in [0.5, 0.6) is 11.5 Å². The van der Waals surface area contributed by atoms with E-state index in [2.05, 4.69) is 34.5 Å². The number of benzene rings is 2. The maximum atomic E-state index is 12.7. The smallest absolute Gasteiger partial charge is 0.251 e. The molecule has 1 fully saturated rings. The van der Waals surface area contributed by atoms with Crippen molar-refractivity contribution in [2.24, 2.45) is 0 Å². The number of nitrogens with zero attached hydrogens (tertiary/aromatic N) is 1. The molecule has 0 spiro atoms. The third kappa shape index (κ3) is 4.80. The Bertz CT molecular complexity index is 742. The highest BCUT2D eigenvalue weighted by atomic mass is 16.5. The van der Waals surface area contributed by atoms with Crippen LogP contribution in [-0.2, 0) is 0 Å². The highest BCUT2D eigenvalue weighted by Crippen LogP contribution is 2.28. The zero-order valence-electron chi connectivity index (χ0n) is 16.1. The average Bonchev–Trinajstić information content (AvgIpc) is 3.24. The number of carbonyl (C=O) groups excluding carboxylic acids is 1. The van der Waals surface area contributed by atoms with Crippen molar-refractivity contribution in [1.29, 1.82) is 0 Å². The second-order valence-electron chi connectivity index (χ2n) is 6.68. The molecular weight excluding hydrogens is 340 g/mol. The van der Waals surface area contributed by atoms with Gasteiger partial charge in [0.05, 0.1) is 19.8 Å². The van der Waals surface area contributed by atoms with Crippen molar-refractivity contribution in [3.8, 4) is 11.5 Å². The SMILES string of the molecule is CCOc1ccc(C(=O)NCC(c2ccccc2)N2CCCC2)cc1OC. The lowest BCUT2D eigenvalue weighted by Crippen LogP contribution is -2.36. The quantitative estimate of drug-likeness (QED) is 0.773. The Morgan fingerprint density at radius 1 is 1.11 bits per heavy atom. The fourth-order valence-corrected chi connectivity index (χ4v) is 3.56. The van der Waals surface area contributed by atoms with Crippen molar-refractivity contribution < 1.29 is 14.3 Å². The van der Waals surface area contributed by atoms with Gasteiger partial charge in [-0.05, 0) is 56.6 Å². The van der Waals surface area contributed by atoms with Crippen LogP contribution in [-0.4, -0.2) is 44.2 Å². The minimum Gasteiger partial charge on any atom is -0.493 e. The van der Waals surface area contributed by atoms with E-state index in [1.165, 1.54) is 18.4 Å². The molecule has 1 atom stereocenters. The molecule has 1 heterocycles. The van der Waals surface area contributed by atoms with E-state index in [1.807, 2.05) is 13.0 Å². The van der Waals surface area contributed by atoms with Crippen LogP contribution < -0.4 is 14.8 Å². The highest BCUT2D eigenvalue weighted by molar-refractivity contribution is 5.94. The fourth-order valence-electron chi connectivity index (χ4n) is 3.56. The zero-order chi connectivity index (χ0) is 19.1. The van der Waals surface area contributed by atoms with Crippen molar-refractivity contribution in [3.63, 3.8) is 0 Å². The first-order valence-electron chi connectivity index (χ1n) is 9.61.